The number of benzene rings is 1. The van der Waals surface area contributed by atoms with Crippen LogP contribution in [0.2, 0.25) is 0 Å². The van der Waals surface area contributed by atoms with Crippen LogP contribution in [0.1, 0.15) is 29.2 Å². The van der Waals surface area contributed by atoms with E-state index < -0.39 is 0 Å². The van der Waals surface area contributed by atoms with Crippen molar-refractivity contribution in [3.63, 3.8) is 0 Å². The standard InChI is InChI=1S/C20H25N5O4/c1-28-16-4-2-14(3-5-16)19(26)23-18-6-9-22-25(18)15-7-10-24(11-8-15)13-17-12-21-20(27)29-17/h2-6,9,15,17H,7-8,10-13H2,1H3,(H,21,27)(H,23,26). The first-order valence-electron chi connectivity index (χ1n) is 9.78. The maximum atomic E-state index is 12.6. The molecule has 2 fully saturated rings. The van der Waals surface area contributed by atoms with Crippen molar-refractivity contribution >= 4 is 17.8 Å². The number of hydrogen-bond donors (Lipinski definition) is 2. The Morgan fingerprint density at radius 3 is 2.69 bits per heavy atom. The maximum Gasteiger partial charge on any atom is 0.407 e. The SMILES string of the molecule is COc1ccc(C(=O)Nc2ccnn2C2CCN(CC3CNC(=O)O3)CC2)cc1. The minimum atomic E-state index is -0.335. The molecule has 0 saturated carbocycles. The number of nitrogens with zero attached hydrogens (tertiary/aromatic N) is 3. The monoisotopic (exact) mass is 399 g/mol. The van der Waals surface area contributed by atoms with E-state index in [1.54, 1.807) is 37.6 Å². The van der Waals surface area contributed by atoms with Gasteiger partial charge >= 0.3 is 6.09 Å². The fourth-order valence-electron chi connectivity index (χ4n) is 3.80. The molecule has 2 amide bonds. The number of rotatable bonds is 6. The summed E-state index contributed by atoms with van der Waals surface area (Å²) in [5.74, 6) is 1.22. The number of anilines is 1. The zero-order chi connectivity index (χ0) is 20.2. The molecule has 0 radical (unpaired) electrons. The van der Waals surface area contributed by atoms with Gasteiger partial charge in [0.05, 0.1) is 25.9 Å². The Balaban J connectivity index is 1.33. The average Bonchev–Trinajstić information content (AvgIpc) is 3.37. The predicted molar refractivity (Wildman–Crippen MR) is 106 cm³/mol. The van der Waals surface area contributed by atoms with E-state index in [-0.39, 0.29) is 24.1 Å². The summed E-state index contributed by atoms with van der Waals surface area (Å²) in [6.07, 6.45) is 3.13. The summed E-state index contributed by atoms with van der Waals surface area (Å²) < 4.78 is 12.2. The molecule has 2 aromatic rings. The van der Waals surface area contributed by atoms with E-state index in [4.69, 9.17) is 9.47 Å². The lowest BCUT2D eigenvalue weighted by atomic mass is 10.0. The molecule has 1 atom stereocenters. The van der Waals surface area contributed by atoms with Gasteiger partial charge in [-0.25, -0.2) is 9.48 Å². The highest BCUT2D eigenvalue weighted by Crippen LogP contribution is 2.26. The molecule has 9 nitrogen and oxygen atoms in total. The first-order chi connectivity index (χ1) is 14.1. The molecule has 1 aromatic carbocycles. The number of nitrogens with one attached hydrogen (secondary N) is 2. The van der Waals surface area contributed by atoms with Gasteiger partial charge in [-0.2, -0.15) is 5.10 Å². The van der Waals surface area contributed by atoms with Crippen LogP contribution in [0.15, 0.2) is 36.5 Å². The fraction of sp³-hybridized carbons (Fsp3) is 0.450. The van der Waals surface area contributed by atoms with Crippen molar-refractivity contribution < 1.29 is 19.1 Å². The van der Waals surface area contributed by atoms with Crippen LogP contribution in [0.3, 0.4) is 0 Å². The average molecular weight is 399 g/mol. The van der Waals surface area contributed by atoms with Gasteiger partial charge in [0.1, 0.15) is 17.7 Å². The largest absolute Gasteiger partial charge is 0.497 e. The van der Waals surface area contributed by atoms with Crippen molar-refractivity contribution in [2.45, 2.75) is 25.0 Å². The quantitative estimate of drug-likeness (QED) is 0.770. The molecule has 1 unspecified atom stereocenters. The van der Waals surface area contributed by atoms with Crippen molar-refractivity contribution in [1.82, 2.24) is 20.0 Å². The molecule has 29 heavy (non-hydrogen) atoms. The molecule has 2 N–H and O–H groups in total. The number of carbonyl (C=O) groups is 2. The number of likely N-dealkylation sites (tertiary alicyclic amines) is 1. The van der Waals surface area contributed by atoms with Gasteiger partial charge in [0.2, 0.25) is 0 Å². The van der Waals surface area contributed by atoms with E-state index in [1.807, 2.05) is 10.7 Å². The molecule has 2 aliphatic heterocycles. The first kappa shape index (κ1) is 19.3. The molecule has 0 spiro atoms. The Bertz CT molecular complexity index is 858. The summed E-state index contributed by atoms with van der Waals surface area (Å²) in [6, 6.07) is 9.03. The molecule has 0 bridgehead atoms. The topological polar surface area (TPSA) is 97.7 Å². The molecule has 9 heteroatoms. The lowest BCUT2D eigenvalue weighted by Crippen LogP contribution is -2.40. The van der Waals surface area contributed by atoms with Gasteiger partial charge in [0.25, 0.3) is 5.91 Å². The van der Waals surface area contributed by atoms with Crippen LogP contribution in [0.4, 0.5) is 10.6 Å². The molecule has 2 saturated heterocycles. The van der Waals surface area contributed by atoms with Gasteiger partial charge in [-0.1, -0.05) is 0 Å². The highest BCUT2D eigenvalue weighted by molar-refractivity contribution is 6.03. The third kappa shape index (κ3) is 4.51. The maximum absolute atomic E-state index is 12.6. The number of aromatic nitrogens is 2. The molecule has 0 aliphatic carbocycles. The lowest BCUT2D eigenvalue weighted by Gasteiger charge is -2.33. The van der Waals surface area contributed by atoms with Crippen LogP contribution < -0.4 is 15.4 Å². The van der Waals surface area contributed by atoms with Crippen LogP contribution in [0, 0.1) is 0 Å². The van der Waals surface area contributed by atoms with Crippen molar-refractivity contribution in [3.05, 3.63) is 42.1 Å². The van der Waals surface area contributed by atoms with Crippen LogP contribution in [0.25, 0.3) is 0 Å². The summed E-state index contributed by atoms with van der Waals surface area (Å²) in [5, 5.41) is 10.1. The van der Waals surface area contributed by atoms with Gasteiger partial charge in [-0.05, 0) is 37.1 Å². The highest BCUT2D eigenvalue weighted by atomic mass is 16.6. The summed E-state index contributed by atoms with van der Waals surface area (Å²) >= 11 is 0. The van der Waals surface area contributed by atoms with Crippen molar-refractivity contribution in [1.29, 1.82) is 0 Å². The minimum absolute atomic E-state index is 0.0805. The summed E-state index contributed by atoms with van der Waals surface area (Å²) in [7, 11) is 1.59. The highest BCUT2D eigenvalue weighted by Gasteiger charge is 2.28. The van der Waals surface area contributed by atoms with Gasteiger partial charge < -0.3 is 20.1 Å². The third-order valence-corrected chi connectivity index (χ3v) is 5.38. The number of ether oxygens (including phenoxy) is 2. The molecular weight excluding hydrogens is 374 g/mol. The summed E-state index contributed by atoms with van der Waals surface area (Å²) in [6.45, 7) is 3.10. The van der Waals surface area contributed by atoms with Gasteiger partial charge in [0.15, 0.2) is 0 Å². The van der Waals surface area contributed by atoms with Gasteiger partial charge in [-0.3, -0.25) is 9.69 Å². The summed E-state index contributed by atoms with van der Waals surface area (Å²) in [5.41, 5.74) is 0.563. The Labute approximate surface area is 169 Å². The number of hydrogen-bond acceptors (Lipinski definition) is 6. The number of carbonyl (C=O) groups excluding carboxylic acids is 2. The van der Waals surface area contributed by atoms with Gasteiger partial charge in [0, 0.05) is 31.3 Å². The predicted octanol–water partition coefficient (Wildman–Crippen LogP) is 1.89. The Morgan fingerprint density at radius 2 is 2.03 bits per heavy atom. The van der Waals surface area contributed by atoms with Crippen molar-refractivity contribution in [3.8, 4) is 5.75 Å². The minimum Gasteiger partial charge on any atom is -0.497 e. The van der Waals surface area contributed by atoms with E-state index in [2.05, 4.69) is 20.6 Å². The van der Waals surface area contributed by atoms with Crippen molar-refractivity contribution in [2.24, 2.45) is 0 Å². The molecule has 1 aromatic heterocycles. The molecule has 3 heterocycles. The third-order valence-electron chi connectivity index (χ3n) is 5.38. The van der Waals surface area contributed by atoms with Crippen LogP contribution >= 0.6 is 0 Å². The summed E-state index contributed by atoms with van der Waals surface area (Å²) in [4.78, 5) is 26.0. The number of alkyl carbamates (subject to hydrolysis) is 1. The Morgan fingerprint density at radius 1 is 1.28 bits per heavy atom. The van der Waals surface area contributed by atoms with E-state index in [1.165, 1.54) is 0 Å². The van der Waals surface area contributed by atoms with Crippen LogP contribution in [-0.4, -0.2) is 66.1 Å². The van der Waals surface area contributed by atoms with E-state index in [9.17, 15) is 9.59 Å². The molecular formula is C20H25N5O4. The molecule has 154 valence electrons. The normalized spacial score (nSPS) is 20.2. The molecule has 4 rings (SSSR count). The zero-order valence-corrected chi connectivity index (χ0v) is 16.3. The Kier molecular flexibility index (Phi) is 5.66. The number of amides is 2. The van der Waals surface area contributed by atoms with Crippen molar-refractivity contribution in [2.75, 3.05) is 38.6 Å². The Hall–Kier alpha value is -3.07. The smallest absolute Gasteiger partial charge is 0.407 e. The van der Waals surface area contributed by atoms with Gasteiger partial charge in [-0.15, -0.1) is 0 Å². The zero-order valence-electron chi connectivity index (χ0n) is 16.3. The van der Waals surface area contributed by atoms with E-state index in [0.29, 0.717) is 23.7 Å². The number of piperidine rings is 1. The van der Waals surface area contributed by atoms with E-state index >= 15 is 0 Å². The second-order valence-electron chi connectivity index (χ2n) is 7.28. The number of cyclic esters (lactones) is 1. The fourth-order valence-corrected chi connectivity index (χ4v) is 3.80. The molecule has 2 aliphatic rings. The first-order valence-corrected chi connectivity index (χ1v) is 9.78. The second kappa shape index (κ2) is 8.52. The second-order valence-corrected chi connectivity index (χ2v) is 7.28. The lowest BCUT2D eigenvalue weighted by molar-refractivity contribution is 0.0909. The van der Waals surface area contributed by atoms with Crippen LogP contribution in [-0.2, 0) is 4.74 Å². The number of methoxy groups -OCH3 is 1. The van der Waals surface area contributed by atoms with E-state index in [0.717, 1.165) is 32.5 Å². The van der Waals surface area contributed by atoms with Crippen LogP contribution in [0.5, 0.6) is 5.75 Å².